The van der Waals surface area contributed by atoms with Gasteiger partial charge in [0.15, 0.2) is 0 Å². The second-order valence-electron chi connectivity index (χ2n) is 7.38. The monoisotopic (exact) mass is 339 g/mol. The third kappa shape index (κ3) is 2.75. The highest BCUT2D eigenvalue weighted by Crippen LogP contribution is 2.47. The van der Waals surface area contributed by atoms with Crippen LogP contribution in [-0.4, -0.2) is 26.1 Å². The molecule has 2 aromatic rings. The first-order valence-corrected chi connectivity index (χ1v) is 8.79. The zero-order valence-corrected chi connectivity index (χ0v) is 14.3. The largest absolute Gasteiger partial charge is 0.277 e. The van der Waals surface area contributed by atoms with Crippen molar-refractivity contribution in [3.05, 3.63) is 46.0 Å². The number of carbonyl (C=O) groups is 2. The van der Waals surface area contributed by atoms with Crippen molar-refractivity contribution in [2.45, 2.75) is 52.0 Å². The molecule has 3 heterocycles. The Morgan fingerprint density at radius 2 is 1.76 bits per heavy atom. The molecule has 0 bridgehead atoms. The van der Waals surface area contributed by atoms with E-state index in [4.69, 9.17) is 0 Å². The molecule has 0 N–H and O–H groups in total. The minimum Gasteiger partial charge on any atom is -0.277 e. The summed E-state index contributed by atoms with van der Waals surface area (Å²) < 4.78 is 1.52. The lowest BCUT2D eigenvalue weighted by Gasteiger charge is -2.37. The second kappa shape index (κ2) is 5.79. The maximum atomic E-state index is 12.6. The van der Waals surface area contributed by atoms with Crippen LogP contribution in [0.25, 0.3) is 5.65 Å². The summed E-state index contributed by atoms with van der Waals surface area (Å²) in [5.74, 6) is -0.270. The first kappa shape index (κ1) is 16.0. The average Bonchev–Trinajstić information content (AvgIpc) is 2.98. The van der Waals surface area contributed by atoms with E-state index in [1.54, 1.807) is 6.07 Å². The van der Waals surface area contributed by atoms with Crippen LogP contribution in [0, 0.1) is 12.3 Å². The summed E-state index contributed by atoms with van der Waals surface area (Å²) in [6.45, 7) is 1.92. The molecular weight excluding hydrogens is 318 g/mol. The standard InChI is InChI=1S/C19H21N3O3/c1-13-5-4-6-15-20-14(9-16(23)22(13)15)12-21-17(24)10-19(11-18(21)25)7-2-3-8-19/h4-6,9H,2-3,7-8,10-12H2,1H3. The minimum atomic E-state index is -0.192. The van der Waals surface area contributed by atoms with Crippen molar-refractivity contribution in [2.24, 2.45) is 5.41 Å². The number of piperidine rings is 1. The Morgan fingerprint density at radius 3 is 2.44 bits per heavy atom. The van der Waals surface area contributed by atoms with Crippen molar-refractivity contribution >= 4 is 17.5 Å². The fraction of sp³-hybridized carbons (Fsp3) is 0.474. The van der Waals surface area contributed by atoms with E-state index in [-0.39, 0.29) is 29.3 Å². The van der Waals surface area contributed by atoms with Crippen LogP contribution >= 0.6 is 0 Å². The molecule has 2 aliphatic rings. The highest BCUT2D eigenvalue weighted by molar-refractivity contribution is 5.98. The van der Waals surface area contributed by atoms with Gasteiger partial charge in [-0.2, -0.15) is 0 Å². The van der Waals surface area contributed by atoms with Crippen molar-refractivity contribution in [3.8, 4) is 0 Å². The Morgan fingerprint density at radius 1 is 1.08 bits per heavy atom. The summed E-state index contributed by atoms with van der Waals surface area (Å²) in [5.41, 5.74) is 1.49. The lowest BCUT2D eigenvalue weighted by Crippen LogP contribution is -2.46. The molecule has 1 aliphatic heterocycles. The number of carbonyl (C=O) groups excluding carboxylic acids is 2. The normalized spacial score (nSPS) is 20.0. The van der Waals surface area contributed by atoms with Crippen LogP contribution in [-0.2, 0) is 16.1 Å². The maximum absolute atomic E-state index is 12.6. The molecular formula is C19H21N3O3. The predicted molar refractivity (Wildman–Crippen MR) is 91.9 cm³/mol. The van der Waals surface area contributed by atoms with Crippen LogP contribution in [0.5, 0.6) is 0 Å². The van der Waals surface area contributed by atoms with Crippen molar-refractivity contribution in [1.29, 1.82) is 0 Å². The molecule has 6 heteroatoms. The van der Waals surface area contributed by atoms with Crippen molar-refractivity contribution in [1.82, 2.24) is 14.3 Å². The molecule has 6 nitrogen and oxygen atoms in total. The van der Waals surface area contributed by atoms with Gasteiger partial charge in [0.25, 0.3) is 5.56 Å². The highest BCUT2D eigenvalue weighted by Gasteiger charge is 2.45. The summed E-state index contributed by atoms with van der Waals surface area (Å²) in [4.78, 5) is 43.2. The van der Waals surface area contributed by atoms with Gasteiger partial charge in [-0.05, 0) is 37.3 Å². The Kier molecular flexibility index (Phi) is 3.71. The molecule has 1 aliphatic carbocycles. The van der Waals surface area contributed by atoms with E-state index >= 15 is 0 Å². The molecule has 0 unspecified atom stereocenters. The van der Waals surface area contributed by atoms with Gasteiger partial charge in [0, 0.05) is 24.6 Å². The van der Waals surface area contributed by atoms with Gasteiger partial charge in [0.05, 0.1) is 12.2 Å². The smallest absolute Gasteiger partial charge is 0.258 e. The number of imide groups is 1. The zero-order valence-electron chi connectivity index (χ0n) is 14.3. The lowest BCUT2D eigenvalue weighted by molar-refractivity contribution is -0.154. The SMILES string of the molecule is Cc1cccc2nc(CN3C(=O)CC4(CCCC4)CC3=O)cc(=O)n12. The summed E-state index contributed by atoms with van der Waals surface area (Å²) in [6, 6.07) is 6.85. The molecule has 1 saturated heterocycles. The van der Waals surface area contributed by atoms with Crippen molar-refractivity contribution < 1.29 is 9.59 Å². The van der Waals surface area contributed by atoms with E-state index in [9.17, 15) is 14.4 Å². The van der Waals surface area contributed by atoms with Crippen molar-refractivity contribution in [3.63, 3.8) is 0 Å². The first-order chi connectivity index (χ1) is 12.0. The van der Waals surface area contributed by atoms with Gasteiger partial charge < -0.3 is 0 Å². The summed E-state index contributed by atoms with van der Waals surface area (Å²) in [7, 11) is 0. The fourth-order valence-electron chi connectivity index (χ4n) is 4.30. The third-order valence-electron chi connectivity index (χ3n) is 5.57. The molecule has 130 valence electrons. The van der Waals surface area contributed by atoms with Crippen LogP contribution in [0.1, 0.15) is 49.9 Å². The molecule has 1 spiro atoms. The van der Waals surface area contributed by atoms with Gasteiger partial charge in [-0.3, -0.25) is 23.7 Å². The molecule has 0 radical (unpaired) electrons. The number of fused-ring (bicyclic) bond motifs is 1. The predicted octanol–water partition coefficient (Wildman–Crippen LogP) is 2.21. The topological polar surface area (TPSA) is 71.8 Å². The number of aryl methyl sites for hydroxylation is 1. The first-order valence-electron chi connectivity index (χ1n) is 8.79. The molecule has 25 heavy (non-hydrogen) atoms. The Bertz CT molecular complexity index is 905. The second-order valence-corrected chi connectivity index (χ2v) is 7.38. The lowest BCUT2D eigenvalue weighted by atomic mass is 9.76. The van der Waals surface area contributed by atoms with Crippen LogP contribution in [0.4, 0.5) is 0 Å². The number of pyridine rings is 1. The summed E-state index contributed by atoms with van der Waals surface area (Å²) in [5, 5.41) is 0. The minimum absolute atomic E-state index is 0.0768. The number of hydrogen-bond donors (Lipinski definition) is 0. The van der Waals surface area contributed by atoms with Crippen molar-refractivity contribution in [2.75, 3.05) is 0 Å². The van der Waals surface area contributed by atoms with E-state index in [1.165, 1.54) is 15.4 Å². The van der Waals surface area contributed by atoms with E-state index < -0.39 is 0 Å². The molecule has 4 rings (SSSR count). The van der Waals surface area contributed by atoms with E-state index in [1.807, 2.05) is 19.1 Å². The quantitative estimate of drug-likeness (QED) is 0.787. The van der Waals surface area contributed by atoms with Crippen LogP contribution in [0.3, 0.4) is 0 Å². The molecule has 0 atom stereocenters. The van der Waals surface area contributed by atoms with Gasteiger partial charge in [-0.15, -0.1) is 0 Å². The van der Waals surface area contributed by atoms with Gasteiger partial charge in [-0.1, -0.05) is 18.9 Å². The Balaban J connectivity index is 1.62. The molecule has 1 saturated carbocycles. The van der Waals surface area contributed by atoms with Gasteiger partial charge in [0.2, 0.25) is 11.8 Å². The molecule has 2 amide bonds. The Hall–Kier alpha value is -2.50. The molecule has 0 aromatic carbocycles. The number of likely N-dealkylation sites (tertiary alicyclic amines) is 1. The molecule has 2 aromatic heterocycles. The number of hydrogen-bond acceptors (Lipinski definition) is 4. The van der Waals surface area contributed by atoms with Gasteiger partial charge in [0.1, 0.15) is 5.65 Å². The van der Waals surface area contributed by atoms with E-state index in [0.717, 1.165) is 31.4 Å². The molecule has 2 fully saturated rings. The zero-order chi connectivity index (χ0) is 17.6. The summed E-state index contributed by atoms with van der Waals surface area (Å²) >= 11 is 0. The number of aromatic nitrogens is 2. The van der Waals surface area contributed by atoms with Gasteiger partial charge >= 0.3 is 0 Å². The maximum Gasteiger partial charge on any atom is 0.258 e. The Labute approximate surface area is 145 Å². The van der Waals surface area contributed by atoms with Crippen LogP contribution in [0.15, 0.2) is 29.1 Å². The third-order valence-corrected chi connectivity index (χ3v) is 5.57. The van der Waals surface area contributed by atoms with E-state index in [0.29, 0.717) is 24.2 Å². The van der Waals surface area contributed by atoms with Gasteiger partial charge in [-0.25, -0.2) is 4.98 Å². The average molecular weight is 339 g/mol. The van der Waals surface area contributed by atoms with Crippen LogP contribution < -0.4 is 5.56 Å². The summed E-state index contributed by atoms with van der Waals surface area (Å²) in [6.07, 6.45) is 5.00. The number of amides is 2. The highest BCUT2D eigenvalue weighted by atomic mass is 16.2. The van der Waals surface area contributed by atoms with Crippen LogP contribution in [0.2, 0.25) is 0 Å². The van der Waals surface area contributed by atoms with E-state index in [2.05, 4.69) is 4.98 Å². The fourth-order valence-corrected chi connectivity index (χ4v) is 4.30. The number of nitrogens with zero attached hydrogens (tertiary/aromatic N) is 3. The number of rotatable bonds is 2.